The van der Waals surface area contributed by atoms with Gasteiger partial charge in [0.25, 0.3) is 0 Å². The fourth-order valence-electron chi connectivity index (χ4n) is 1.53. The first-order valence-electron chi connectivity index (χ1n) is 21.5. The summed E-state index contributed by atoms with van der Waals surface area (Å²) in [6, 6.07) is -7.99. The van der Waals surface area contributed by atoms with E-state index in [-0.39, 0.29) is 0 Å². The number of hydrogen-bond donors (Lipinski definition) is 1. The van der Waals surface area contributed by atoms with Crippen molar-refractivity contribution in [2.24, 2.45) is 5.89 Å². The van der Waals surface area contributed by atoms with Gasteiger partial charge in [-0.2, -0.15) is 0 Å². The fourth-order valence-corrected chi connectivity index (χ4v) is 1.53. The van der Waals surface area contributed by atoms with Crippen molar-refractivity contribution >= 4 is 5.97 Å². The van der Waals surface area contributed by atoms with Crippen LogP contribution >= 0.6 is 0 Å². The van der Waals surface area contributed by atoms with Gasteiger partial charge >= 0.3 is 5.97 Å². The SMILES string of the molecule is [2H]c1c([2H])c([2H])c([C@](O)(C(=O)OC([2H])([2H])C#CC([2H])([2H])N(C([2H])([2H])C([2H])([2H])[2H])C([2H])([2H])C([2H])([2H])[2H])C2([2H])C([2H])([2H])C([2H])([2H])C([2H])([2H])C([2H])([2H])C2([2H])[2H])c([2H])c1[2H]. The Balaban J connectivity index is 3.15. The van der Waals surface area contributed by atoms with Crippen molar-refractivity contribution < 1.29 is 55.8 Å². The molecule has 1 aliphatic carbocycles. The summed E-state index contributed by atoms with van der Waals surface area (Å²) in [5.41, 5.74) is -7.16. The zero-order chi connectivity index (χ0) is 45.2. The summed E-state index contributed by atoms with van der Waals surface area (Å²) in [4.78, 5) is 13.0. The second-order valence-corrected chi connectivity index (χ2v) is 4.12. The lowest BCUT2D eigenvalue weighted by molar-refractivity contribution is -0.174. The van der Waals surface area contributed by atoms with Gasteiger partial charge in [0.2, 0.25) is 0 Å². The van der Waals surface area contributed by atoms with Gasteiger partial charge in [0.1, 0.15) is 0 Å². The zero-order valence-corrected chi connectivity index (χ0v) is 12.7. The molecule has 2 rings (SSSR count). The molecule has 4 heteroatoms. The van der Waals surface area contributed by atoms with Gasteiger partial charge in [-0.15, -0.1) is 0 Å². The van der Waals surface area contributed by atoms with E-state index in [2.05, 4.69) is 4.74 Å². The molecule has 0 unspecified atom stereocenters. The van der Waals surface area contributed by atoms with Gasteiger partial charge in [0, 0.05) is 34.7 Å². The molecule has 1 fully saturated rings. The average Bonchev–Trinajstić information content (AvgIpc) is 2.98. The van der Waals surface area contributed by atoms with Crippen molar-refractivity contribution in [2.75, 3.05) is 26.0 Å². The van der Waals surface area contributed by atoms with Crippen LogP contribution in [-0.2, 0) is 15.1 Å². The highest BCUT2D eigenvalue weighted by atomic mass is 16.5. The van der Waals surface area contributed by atoms with E-state index < -0.39 is 130 Å². The lowest BCUT2D eigenvalue weighted by atomic mass is 9.73. The number of aliphatic hydroxyl groups is 1. The van der Waals surface area contributed by atoms with Crippen LogP contribution in [0.25, 0.3) is 0 Å². The Morgan fingerprint density at radius 3 is 2.73 bits per heavy atom. The molecule has 0 heterocycles. The van der Waals surface area contributed by atoms with Gasteiger partial charge in [-0.3, -0.25) is 4.90 Å². The molecule has 0 bridgehead atoms. The first-order valence-corrected chi connectivity index (χ1v) is 6.51. The van der Waals surface area contributed by atoms with E-state index in [1.165, 1.54) is 0 Å². The molecule has 1 atom stereocenters. The van der Waals surface area contributed by atoms with Crippen LogP contribution < -0.4 is 0 Å². The minimum absolute atomic E-state index is 1.07. The van der Waals surface area contributed by atoms with E-state index in [1.807, 2.05) is 0 Å². The lowest BCUT2D eigenvalue weighted by Gasteiger charge is -2.36. The summed E-state index contributed by atoms with van der Waals surface area (Å²) in [7, 11) is 0. The summed E-state index contributed by atoms with van der Waals surface area (Å²) in [6.45, 7) is -25.3. The van der Waals surface area contributed by atoms with E-state index >= 15 is 0 Å². The number of ether oxygens (including phenoxy) is 1. The van der Waals surface area contributed by atoms with Gasteiger partial charge in [-0.1, -0.05) is 74.9 Å². The van der Waals surface area contributed by atoms with Crippen LogP contribution in [0.15, 0.2) is 30.2 Å². The van der Waals surface area contributed by atoms with E-state index in [4.69, 9.17) is 41.1 Å². The maximum absolute atomic E-state index is 14.1. The minimum Gasteiger partial charge on any atom is -0.450 e. The van der Waals surface area contributed by atoms with Crippen LogP contribution in [0.3, 0.4) is 0 Å². The Morgan fingerprint density at radius 2 is 2.08 bits per heavy atom. The van der Waals surface area contributed by atoms with Crippen molar-refractivity contribution in [3.63, 3.8) is 0 Å². The number of carbonyl (C=O) groups excluding carboxylic acids is 1. The molecule has 1 N–H and O–H groups in total. The number of esters is 1. The summed E-state index contributed by atoms with van der Waals surface area (Å²) < 4.78 is 245. The Kier molecular flexibility index (Phi) is 1.70. The van der Waals surface area contributed by atoms with Crippen molar-refractivity contribution in [1.82, 2.24) is 4.90 Å². The fraction of sp³-hybridized carbons (Fsp3) is 0.591. The molecule has 0 aromatic heterocycles. The molecule has 1 saturated carbocycles. The lowest BCUT2D eigenvalue weighted by Crippen LogP contribution is -2.45. The van der Waals surface area contributed by atoms with E-state index in [9.17, 15) is 9.90 Å². The maximum Gasteiger partial charge on any atom is 0.344 e. The molecule has 0 aliphatic heterocycles. The molecular formula is C22H31NO3. The third kappa shape index (κ3) is 5.09. The van der Waals surface area contributed by atoms with Gasteiger partial charge in [-0.25, -0.2) is 4.79 Å². The van der Waals surface area contributed by atoms with Crippen LogP contribution in [0.2, 0.25) is 0 Å². The quantitative estimate of drug-likeness (QED) is 0.576. The molecule has 4 nitrogen and oxygen atoms in total. The molecule has 1 aliphatic rings. The summed E-state index contributed by atoms with van der Waals surface area (Å²) in [5, 5.41) is 12.2. The van der Waals surface area contributed by atoms with Crippen molar-refractivity contribution in [3.05, 3.63) is 35.8 Å². The average molecular weight is 388 g/mol. The number of benzene rings is 1. The van der Waals surface area contributed by atoms with Gasteiger partial charge in [-0.05, 0) is 31.3 Å². The summed E-state index contributed by atoms with van der Waals surface area (Å²) in [5.74, 6) is -5.87. The molecule has 1 aromatic rings. The van der Waals surface area contributed by atoms with Crippen molar-refractivity contribution in [3.8, 4) is 11.8 Å². The minimum atomic E-state index is -5.08. The third-order valence-electron chi connectivity index (χ3n) is 2.67. The molecule has 0 radical (unpaired) electrons. The smallest absolute Gasteiger partial charge is 0.344 e. The Labute approximate surface area is 199 Å². The van der Waals surface area contributed by atoms with Crippen molar-refractivity contribution in [2.45, 2.75) is 51.2 Å². The predicted molar refractivity (Wildman–Crippen MR) is 103 cm³/mol. The third-order valence-corrected chi connectivity index (χ3v) is 2.67. The second kappa shape index (κ2) is 10.4. The highest BCUT2D eigenvalue weighted by Gasteiger charge is 2.46. The highest BCUT2D eigenvalue weighted by Crippen LogP contribution is 2.40. The Bertz CT molecular complexity index is 1730. The number of nitrogens with zero attached hydrogens (tertiary/aromatic N) is 1. The number of rotatable bonds is 7. The molecule has 26 heavy (non-hydrogen) atoms. The first-order chi connectivity index (χ1) is 24.1. The molecule has 0 amide bonds. The van der Waals surface area contributed by atoms with Gasteiger partial charge in [0.05, 0.1) is 18.8 Å². The zero-order valence-electron chi connectivity index (χ0n) is 42.7. The highest BCUT2D eigenvalue weighted by molar-refractivity contribution is 5.81. The summed E-state index contributed by atoms with van der Waals surface area (Å²) in [6.07, 6.45) is -23.0. The standard InChI is InChI=1S/C22H31NO3/c1-3-23(4-2)17-11-12-18-26-21(24)22(25,19-13-7-5-8-14-19)20-15-9-6-10-16-20/h5,7-8,13-14,20,25H,3-4,6,9-10,15-18H2,1-2H3/t22-/m1/s1/i1D3,2D3,3D2,4D2,5D,6D2,7D,8D,9D2,10D2,13D,14D,15D2,16D2,17D2,18D2,20D. The topological polar surface area (TPSA) is 49.8 Å². The second-order valence-electron chi connectivity index (χ2n) is 4.12. The first kappa shape index (κ1) is 4.26. The van der Waals surface area contributed by atoms with E-state index in [0.717, 1.165) is 11.8 Å². The molecule has 0 saturated heterocycles. The Hall–Kier alpha value is -1.83. The van der Waals surface area contributed by atoms with Crippen LogP contribution in [0, 0.1) is 17.7 Å². The molecular weight excluding hydrogens is 326 g/mol. The largest absolute Gasteiger partial charge is 0.450 e. The molecule has 1 aromatic carbocycles. The van der Waals surface area contributed by atoms with Crippen LogP contribution in [0.4, 0.5) is 0 Å². The van der Waals surface area contributed by atoms with Crippen LogP contribution in [0.5, 0.6) is 0 Å². The summed E-state index contributed by atoms with van der Waals surface area (Å²) >= 11 is 0. The van der Waals surface area contributed by atoms with Crippen LogP contribution in [0.1, 0.15) is 92.3 Å². The van der Waals surface area contributed by atoms with Crippen molar-refractivity contribution in [1.29, 1.82) is 0 Å². The molecule has 0 spiro atoms. The monoisotopic (exact) mass is 387 g/mol. The van der Waals surface area contributed by atoms with Gasteiger partial charge < -0.3 is 9.84 Å². The molecule has 142 valence electrons. The Morgan fingerprint density at radius 1 is 1.38 bits per heavy atom. The number of hydrogen-bond acceptors (Lipinski definition) is 4. The normalized spacial score (nSPS) is 48.2. The predicted octanol–water partition coefficient (Wildman–Crippen LogP) is 3.34. The van der Waals surface area contributed by atoms with E-state index in [1.54, 1.807) is 0 Å². The van der Waals surface area contributed by atoms with Gasteiger partial charge in [0.15, 0.2) is 12.2 Å². The number of carbonyl (C=O) groups is 1. The van der Waals surface area contributed by atoms with Crippen LogP contribution in [-0.4, -0.2) is 42.0 Å². The maximum atomic E-state index is 14.1. The van der Waals surface area contributed by atoms with E-state index in [0.29, 0.717) is 0 Å².